The first-order valence-electron chi connectivity index (χ1n) is 12.8. The third kappa shape index (κ3) is 4.35. The fraction of sp³-hybridized carbons (Fsp3) is 0.207. The molecule has 1 aliphatic rings. The van der Waals surface area contributed by atoms with Crippen LogP contribution in [0.25, 0.3) is 28.0 Å². The van der Waals surface area contributed by atoms with Crippen molar-refractivity contribution in [2.45, 2.75) is 19.0 Å². The SMILES string of the molecule is Cn1c(C(=O)O)cnc1CN1CC[C@H](n2c(=O)n(-c3ccc(-c4ccc(C(=O)O)cc4)nc3)c3ccccc32)C1. The van der Waals surface area contributed by atoms with Gasteiger partial charge in [0.15, 0.2) is 0 Å². The van der Waals surface area contributed by atoms with E-state index in [9.17, 15) is 19.5 Å². The lowest BCUT2D eigenvalue weighted by Crippen LogP contribution is -2.29. The van der Waals surface area contributed by atoms with Crippen molar-refractivity contribution in [1.29, 1.82) is 0 Å². The van der Waals surface area contributed by atoms with E-state index in [1.807, 2.05) is 41.0 Å². The van der Waals surface area contributed by atoms with Crippen LogP contribution in [0, 0.1) is 0 Å². The molecule has 11 heteroatoms. The molecule has 0 spiro atoms. The molecule has 1 fully saturated rings. The predicted molar refractivity (Wildman–Crippen MR) is 147 cm³/mol. The van der Waals surface area contributed by atoms with Gasteiger partial charge in [-0.3, -0.25) is 19.0 Å². The summed E-state index contributed by atoms with van der Waals surface area (Å²) in [6, 6.07) is 17.8. The maximum atomic E-state index is 13.9. The number of pyridine rings is 1. The van der Waals surface area contributed by atoms with Gasteiger partial charge < -0.3 is 14.8 Å². The van der Waals surface area contributed by atoms with Crippen molar-refractivity contribution in [2.24, 2.45) is 7.05 Å². The van der Waals surface area contributed by atoms with Crippen LogP contribution in [0.2, 0.25) is 0 Å². The van der Waals surface area contributed by atoms with Crippen molar-refractivity contribution in [3.05, 3.63) is 101 Å². The molecule has 0 amide bonds. The molecule has 1 saturated heterocycles. The molecule has 202 valence electrons. The van der Waals surface area contributed by atoms with Gasteiger partial charge in [0.05, 0.1) is 53.0 Å². The van der Waals surface area contributed by atoms with Crippen LogP contribution in [0.4, 0.5) is 0 Å². The summed E-state index contributed by atoms with van der Waals surface area (Å²) in [7, 11) is 1.70. The first-order valence-corrected chi connectivity index (χ1v) is 12.8. The zero-order valence-corrected chi connectivity index (χ0v) is 21.6. The van der Waals surface area contributed by atoms with Crippen LogP contribution >= 0.6 is 0 Å². The van der Waals surface area contributed by atoms with Gasteiger partial charge in [0.1, 0.15) is 11.5 Å². The Morgan fingerprint density at radius 1 is 0.925 bits per heavy atom. The molecular formula is C29H26N6O5. The molecule has 11 nitrogen and oxygen atoms in total. The molecule has 1 atom stereocenters. The van der Waals surface area contributed by atoms with Gasteiger partial charge in [0, 0.05) is 25.7 Å². The Morgan fingerprint density at radius 2 is 1.68 bits per heavy atom. The number of hydrogen-bond acceptors (Lipinski definition) is 6. The van der Waals surface area contributed by atoms with Gasteiger partial charge in [-0.25, -0.2) is 19.4 Å². The maximum Gasteiger partial charge on any atom is 0.354 e. The number of likely N-dealkylation sites (tertiary alicyclic amines) is 1. The molecule has 1 aliphatic heterocycles. The molecule has 0 saturated carbocycles. The number of carbonyl (C=O) groups is 2. The van der Waals surface area contributed by atoms with E-state index < -0.39 is 11.9 Å². The number of imidazole rings is 2. The Labute approximate surface area is 228 Å². The van der Waals surface area contributed by atoms with Gasteiger partial charge in [-0.1, -0.05) is 24.3 Å². The third-order valence-electron chi connectivity index (χ3n) is 7.49. The number of carboxylic acid groups (broad SMARTS) is 2. The standard InChI is InChI=1S/C29H26N6O5/c1-32-25(28(38)39)15-31-26(32)17-33-13-12-21(16-33)35-24-5-3-2-4-23(24)34(29(35)40)20-10-11-22(30-14-20)18-6-8-19(9-7-18)27(36)37/h2-11,14-15,21H,12-13,16-17H2,1H3,(H,36,37)(H,38,39)/t21-/m0/s1. The number of para-hydroxylation sites is 2. The van der Waals surface area contributed by atoms with Crippen molar-refractivity contribution in [3.63, 3.8) is 0 Å². The van der Waals surface area contributed by atoms with Gasteiger partial charge in [-0.05, 0) is 42.8 Å². The summed E-state index contributed by atoms with van der Waals surface area (Å²) < 4.78 is 5.10. The molecule has 4 heterocycles. The van der Waals surface area contributed by atoms with Crippen LogP contribution in [0.3, 0.4) is 0 Å². The lowest BCUT2D eigenvalue weighted by Gasteiger charge is -2.16. The summed E-state index contributed by atoms with van der Waals surface area (Å²) in [6.07, 6.45) is 3.79. The summed E-state index contributed by atoms with van der Waals surface area (Å²) in [5, 5.41) is 18.5. The Hall–Kier alpha value is -5.03. The largest absolute Gasteiger partial charge is 0.478 e. The molecule has 0 bridgehead atoms. The number of aromatic carboxylic acids is 2. The minimum absolute atomic E-state index is 0.0576. The zero-order chi connectivity index (χ0) is 28.0. The minimum Gasteiger partial charge on any atom is -0.478 e. The normalized spacial score (nSPS) is 15.6. The summed E-state index contributed by atoms with van der Waals surface area (Å²) in [5.74, 6) is -1.34. The van der Waals surface area contributed by atoms with Gasteiger partial charge in [-0.15, -0.1) is 0 Å². The highest BCUT2D eigenvalue weighted by molar-refractivity contribution is 5.88. The Bertz CT molecular complexity index is 1800. The minimum atomic E-state index is -1.02. The molecule has 40 heavy (non-hydrogen) atoms. The maximum absolute atomic E-state index is 13.9. The first-order chi connectivity index (χ1) is 19.3. The highest BCUT2D eigenvalue weighted by Crippen LogP contribution is 2.28. The van der Waals surface area contributed by atoms with Gasteiger partial charge in [0.2, 0.25) is 0 Å². The summed E-state index contributed by atoms with van der Waals surface area (Å²) in [4.78, 5) is 47.4. The molecule has 0 aliphatic carbocycles. The monoisotopic (exact) mass is 538 g/mol. The van der Waals surface area contributed by atoms with Crippen LogP contribution in [0.1, 0.15) is 39.1 Å². The number of rotatable bonds is 7. The van der Waals surface area contributed by atoms with E-state index >= 15 is 0 Å². The van der Waals surface area contributed by atoms with E-state index in [4.69, 9.17) is 5.11 Å². The topological polar surface area (TPSA) is 135 Å². The number of hydrogen-bond donors (Lipinski definition) is 2. The molecule has 0 radical (unpaired) electrons. The smallest absolute Gasteiger partial charge is 0.354 e. The number of fused-ring (bicyclic) bond motifs is 1. The van der Waals surface area contributed by atoms with Crippen molar-refractivity contribution in [1.82, 2.24) is 28.6 Å². The second-order valence-electron chi connectivity index (χ2n) is 9.86. The Balaban J connectivity index is 1.29. The van der Waals surface area contributed by atoms with Crippen LogP contribution in [-0.4, -0.2) is 63.8 Å². The molecular weight excluding hydrogens is 512 g/mol. The molecule has 2 N–H and O–H groups in total. The lowest BCUT2D eigenvalue weighted by atomic mass is 10.1. The number of nitrogens with zero attached hydrogens (tertiary/aromatic N) is 6. The van der Waals surface area contributed by atoms with E-state index in [1.54, 1.807) is 34.5 Å². The summed E-state index contributed by atoms with van der Waals surface area (Å²) >= 11 is 0. The molecule has 2 aromatic carbocycles. The van der Waals surface area contributed by atoms with E-state index in [1.165, 1.54) is 18.3 Å². The van der Waals surface area contributed by atoms with E-state index in [0.29, 0.717) is 30.3 Å². The second kappa shape index (κ2) is 9.93. The third-order valence-corrected chi connectivity index (χ3v) is 7.49. The average molecular weight is 539 g/mol. The van der Waals surface area contributed by atoms with Crippen LogP contribution in [0.15, 0.2) is 77.9 Å². The lowest BCUT2D eigenvalue weighted by molar-refractivity contribution is 0.0679. The van der Waals surface area contributed by atoms with E-state index in [-0.39, 0.29) is 23.0 Å². The van der Waals surface area contributed by atoms with Crippen molar-refractivity contribution in [3.8, 4) is 16.9 Å². The van der Waals surface area contributed by atoms with Crippen molar-refractivity contribution < 1.29 is 19.8 Å². The summed E-state index contributed by atoms with van der Waals surface area (Å²) in [5.41, 5.74) is 3.88. The fourth-order valence-electron chi connectivity index (χ4n) is 5.41. The van der Waals surface area contributed by atoms with Crippen LogP contribution < -0.4 is 5.69 Å². The first kappa shape index (κ1) is 25.3. The molecule has 3 aromatic heterocycles. The number of benzene rings is 2. The van der Waals surface area contributed by atoms with E-state index in [2.05, 4.69) is 14.9 Å². The van der Waals surface area contributed by atoms with Crippen LogP contribution in [-0.2, 0) is 13.6 Å². The number of aromatic nitrogens is 5. The van der Waals surface area contributed by atoms with Gasteiger partial charge >= 0.3 is 17.6 Å². The van der Waals surface area contributed by atoms with Crippen LogP contribution in [0.5, 0.6) is 0 Å². The molecule has 5 aromatic rings. The molecule has 6 rings (SSSR count). The molecule has 0 unspecified atom stereocenters. The highest BCUT2D eigenvalue weighted by atomic mass is 16.4. The zero-order valence-electron chi connectivity index (χ0n) is 21.6. The Kier molecular flexibility index (Phi) is 6.27. The van der Waals surface area contributed by atoms with Gasteiger partial charge in [0.25, 0.3) is 0 Å². The van der Waals surface area contributed by atoms with Crippen molar-refractivity contribution >= 4 is 23.0 Å². The highest BCUT2D eigenvalue weighted by Gasteiger charge is 2.29. The summed E-state index contributed by atoms with van der Waals surface area (Å²) in [6.45, 7) is 1.88. The Morgan fingerprint density at radius 3 is 2.33 bits per heavy atom. The van der Waals surface area contributed by atoms with Crippen molar-refractivity contribution in [2.75, 3.05) is 13.1 Å². The second-order valence-corrected chi connectivity index (χ2v) is 9.86. The predicted octanol–water partition coefficient (Wildman–Crippen LogP) is 3.43. The van der Waals surface area contributed by atoms with Gasteiger partial charge in [-0.2, -0.15) is 0 Å². The number of carboxylic acids is 2. The fourth-order valence-corrected chi connectivity index (χ4v) is 5.41. The quantitative estimate of drug-likeness (QED) is 0.322. The average Bonchev–Trinajstić information content (AvgIpc) is 3.64. The van der Waals surface area contributed by atoms with E-state index in [0.717, 1.165) is 29.6 Å².